The fraction of sp³-hybridized carbons (Fsp3) is 0.273. The molecule has 0 saturated heterocycles. The summed E-state index contributed by atoms with van der Waals surface area (Å²) in [5.74, 6) is 0.716. The Hall–Kier alpha value is -0.760. The second-order valence-corrected chi connectivity index (χ2v) is 3.83. The molecule has 0 aliphatic heterocycles. The summed E-state index contributed by atoms with van der Waals surface area (Å²) >= 11 is 3.48. The summed E-state index contributed by atoms with van der Waals surface area (Å²) in [5.41, 5.74) is 3.51. The minimum absolute atomic E-state index is 0.716. The van der Waals surface area contributed by atoms with Crippen molar-refractivity contribution >= 4 is 21.7 Å². The zero-order chi connectivity index (χ0) is 10.0. The van der Waals surface area contributed by atoms with Crippen LogP contribution in [0.25, 0.3) is 5.76 Å². The van der Waals surface area contributed by atoms with Gasteiger partial charge in [-0.15, -0.1) is 0 Å². The molecule has 0 bridgehead atoms. The third-order valence-corrected chi connectivity index (χ3v) is 3.13. The fourth-order valence-corrected chi connectivity index (χ4v) is 1.63. The summed E-state index contributed by atoms with van der Waals surface area (Å²) in [4.78, 5) is 0. The first-order valence-corrected chi connectivity index (χ1v) is 4.86. The Kier molecular flexibility index (Phi) is 3.15. The van der Waals surface area contributed by atoms with Crippen molar-refractivity contribution in [2.45, 2.75) is 13.8 Å². The molecule has 0 aliphatic rings. The number of ether oxygens (including phenoxy) is 1. The molecule has 0 radical (unpaired) electrons. The van der Waals surface area contributed by atoms with Crippen molar-refractivity contribution in [3.8, 4) is 0 Å². The van der Waals surface area contributed by atoms with Gasteiger partial charge in [-0.25, -0.2) is 0 Å². The molecule has 0 N–H and O–H groups in total. The first-order valence-electron chi connectivity index (χ1n) is 4.07. The highest BCUT2D eigenvalue weighted by atomic mass is 79.9. The molecule has 1 aromatic rings. The van der Waals surface area contributed by atoms with Gasteiger partial charge in [0, 0.05) is 10.0 Å². The standard InChI is InChI=1S/C11H13BrO/c1-7-8(2)11(12)6-5-10(7)9(3)13-4/h5-6H,3H2,1-2,4H3. The summed E-state index contributed by atoms with van der Waals surface area (Å²) in [6, 6.07) is 4.03. The molecular weight excluding hydrogens is 228 g/mol. The van der Waals surface area contributed by atoms with Crippen LogP contribution in [0.1, 0.15) is 16.7 Å². The van der Waals surface area contributed by atoms with Gasteiger partial charge in [0.05, 0.1) is 7.11 Å². The molecule has 0 saturated carbocycles. The van der Waals surface area contributed by atoms with E-state index >= 15 is 0 Å². The highest BCUT2D eigenvalue weighted by molar-refractivity contribution is 9.10. The van der Waals surface area contributed by atoms with Crippen LogP contribution >= 0.6 is 15.9 Å². The number of hydrogen-bond donors (Lipinski definition) is 0. The Morgan fingerprint density at radius 3 is 2.46 bits per heavy atom. The molecule has 0 heterocycles. The quantitative estimate of drug-likeness (QED) is 0.717. The molecule has 1 rings (SSSR count). The number of halogens is 1. The minimum Gasteiger partial charge on any atom is -0.497 e. The first kappa shape index (κ1) is 10.3. The van der Waals surface area contributed by atoms with Crippen LogP contribution in [0.15, 0.2) is 23.2 Å². The Bertz CT molecular complexity index is 342. The molecule has 0 atom stereocenters. The molecule has 0 unspecified atom stereocenters. The second-order valence-electron chi connectivity index (χ2n) is 2.97. The smallest absolute Gasteiger partial charge is 0.119 e. The normalized spacial score (nSPS) is 9.85. The van der Waals surface area contributed by atoms with E-state index in [2.05, 4.69) is 36.4 Å². The van der Waals surface area contributed by atoms with E-state index in [0.717, 1.165) is 10.0 Å². The Balaban J connectivity index is 3.26. The Morgan fingerprint density at radius 2 is 1.92 bits per heavy atom. The Morgan fingerprint density at radius 1 is 1.31 bits per heavy atom. The van der Waals surface area contributed by atoms with E-state index in [1.807, 2.05) is 12.1 Å². The average Bonchev–Trinajstić information content (AvgIpc) is 2.13. The summed E-state index contributed by atoms with van der Waals surface area (Å²) in [6.07, 6.45) is 0. The molecular formula is C11H13BrO. The van der Waals surface area contributed by atoms with Crippen molar-refractivity contribution in [2.75, 3.05) is 7.11 Å². The molecule has 13 heavy (non-hydrogen) atoms. The van der Waals surface area contributed by atoms with E-state index in [1.165, 1.54) is 11.1 Å². The lowest BCUT2D eigenvalue weighted by Crippen LogP contribution is -1.93. The molecule has 0 aromatic heterocycles. The van der Waals surface area contributed by atoms with Crippen molar-refractivity contribution in [3.05, 3.63) is 39.9 Å². The van der Waals surface area contributed by atoms with Crippen molar-refractivity contribution in [1.82, 2.24) is 0 Å². The Labute approximate surface area is 87.5 Å². The van der Waals surface area contributed by atoms with Crippen LogP contribution in [-0.4, -0.2) is 7.11 Å². The van der Waals surface area contributed by atoms with Crippen LogP contribution in [0.2, 0.25) is 0 Å². The lowest BCUT2D eigenvalue weighted by atomic mass is 10.0. The maximum atomic E-state index is 5.10. The molecule has 0 amide bonds. The van der Waals surface area contributed by atoms with Gasteiger partial charge in [0.1, 0.15) is 5.76 Å². The van der Waals surface area contributed by atoms with E-state index in [1.54, 1.807) is 7.11 Å². The maximum Gasteiger partial charge on any atom is 0.119 e. The number of benzene rings is 1. The van der Waals surface area contributed by atoms with Gasteiger partial charge in [-0.1, -0.05) is 22.5 Å². The van der Waals surface area contributed by atoms with Crippen LogP contribution in [0.4, 0.5) is 0 Å². The van der Waals surface area contributed by atoms with Crippen LogP contribution in [0.3, 0.4) is 0 Å². The van der Waals surface area contributed by atoms with Crippen LogP contribution in [0.5, 0.6) is 0 Å². The van der Waals surface area contributed by atoms with Crippen molar-refractivity contribution < 1.29 is 4.74 Å². The zero-order valence-corrected chi connectivity index (χ0v) is 9.73. The van der Waals surface area contributed by atoms with Gasteiger partial charge in [-0.2, -0.15) is 0 Å². The van der Waals surface area contributed by atoms with E-state index < -0.39 is 0 Å². The van der Waals surface area contributed by atoms with Gasteiger partial charge in [-0.3, -0.25) is 0 Å². The number of rotatable bonds is 2. The van der Waals surface area contributed by atoms with Crippen molar-refractivity contribution in [2.24, 2.45) is 0 Å². The highest BCUT2D eigenvalue weighted by Gasteiger charge is 2.06. The molecule has 0 aliphatic carbocycles. The summed E-state index contributed by atoms with van der Waals surface area (Å²) < 4.78 is 6.22. The van der Waals surface area contributed by atoms with E-state index in [4.69, 9.17) is 4.74 Å². The third kappa shape index (κ3) is 1.94. The van der Waals surface area contributed by atoms with Gasteiger partial charge in [0.25, 0.3) is 0 Å². The zero-order valence-electron chi connectivity index (χ0n) is 8.15. The molecule has 70 valence electrons. The van der Waals surface area contributed by atoms with E-state index in [0.29, 0.717) is 5.76 Å². The predicted molar refractivity (Wildman–Crippen MR) is 59.7 cm³/mol. The molecule has 0 spiro atoms. The van der Waals surface area contributed by atoms with Crippen LogP contribution in [0, 0.1) is 13.8 Å². The third-order valence-electron chi connectivity index (χ3n) is 2.27. The SMILES string of the molecule is C=C(OC)c1ccc(Br)c(C)c1C. The van der Waals surface area contributed by atoms with Gasteiger partial charge in [0.15, 0.2) is 0 Å². The minimum atomic E-state index is 0.716. The van der Waals surface area contributed by atoms with E-state index in [9.17, 15) is 0 Å². The van der Waals surface area contributed by atoms with Gasteiger partial charge < -0.3 is 4.74 Å². The summed E-state index contributed by atoms with van der Waals surface area (Å²) in [5, 5.41) is 0. The monoisotopic (exact) mass is 240 g/mol. The number of hydrogen-bond acceptors (Lipinski definition) is 1. The largest absolute Gasteiger partial charge is 0.497 e. The van der Waals surface area contributed by atoms with Gasteiger partial charge in [0.2, 0.25) is 0 Å². The summed E-state index contributed by atoms with van der Waals surface area (Å²) in [6.45, 7) is 7.98. The summed E-state index contributed by atoms with van der Waals surface area (Å²) in [7, 11) is 1.64. The molecule has 1 nitrogen and oxygen atoms in total. The van der Waals surface area contributed by atoms with Crippen molar-refractivity contribution in [3.63, 3.8) is 0 Å². The molecule has 1 aromatic carbocycles. The van der Waals surface area contributed by atoms with E-state index in [-0.39, 0.29) is 0 Å². The molecule has 0 fully saturated rings. The second kappa shape index (κ2) is 3.97. The topological polar surface area (TPSA) is 9.23 Å². The van der Waals surface area contributed by atoms with Gasteiger partial charge >= 0.3 is 0 Å². The number of methoxy groups -OCH3 is 1. The van der Waals surface area contributed by atoms with Gasteiger partial charge in [-0.05, 0) is 37.1 Å². The average molecular weight is 241 g/mol. The lowest BCUT2D eigenvalue weighted by molar-refractivity contribution is 0.371. The van der Waals surface area contributed by atoms with Crippen LogP contribution < -0.4 is 0 Å². The first-order chi connectivity index (χ1) is 6.07. The highest BCUT2D eigenvalue weighted by Crippen LogP contribution is 2.26. The molecule has 2 heteroatoms. The fourth-order valence-electron chi connectivity index (χ4n) is 1.20. The lowest BCUT2D eigenvalue weighted by Gasteiger charge is -2.11. The maximum absolute atomic E-state index is 5.10. The predicted octanol–water partition coefficient (Wildman–Crippen LogP) is 3.68. The van der Waals surface area contributed by atoms with Crippen molar-refractivity contribution in [1.29, 1.82) is 0 Å². The van der Waals surface area contributed by atoms with Crippen LogP contribution in [-0.2, 0) is 4.74 Å².